The van der Waals surface area contributed by atoms with Crippen molar-refractivity contribution in [1.82, 2.24) is 4.98 Å². The third-order valence-corrected chi connectivity index (χ3v) is 4.48. The van der Waals surface area contributed by atoms with Crippen LogP contribution >= 0.6 is 0 Å². The van der Waals surface area contributed by atoms with Gasteiger partial charge in [-0.15, -0.1) is 0 Å². The zero-order valence-electron chi connectivity index (χ0n) is 12.9. The number of carbonyl (C=O) groups is 1. The Bertz CT molecular complexity index is 717. The van der Waals surface area contributed by atoms with Crippen LogP contribution in [-0.2, 0) is 6.42 Å². The van der Waals surface area contributed by atoms with E-state index in [2.05, 4.69) is 11.9 Å². The van der Waals surface area contributed by atoms with Crippen LogP contribution < -0.4 is 4.90 Å². The highest BCUT2D eigenvalue weighted by molar-refractivity contribution is 5.74. The molecular formula is C18H18F2N2O. The Kier molecular flexibility index (Phi) is 4.11. The summed E-state index contributed by atoms with van der Waals surface area (Å²) in [4.78, 5) is 16.8. The number of nitrogens with zero attached hydrogens (tertiary/aromatic N) is 2. The average molecular weight is 316 g/mol. The van der Waals surface area contributed by atoms with Gasteiger partial charge < -0.3 is 4.90 Å². The maximum Gasteiger partial charge on any atom is 0.166 e. The number of rotatable bonds is 4. The normalized spacial score (nSPS) is 20.7. The highest BCUT2D eigenvalue weighted by atomic mass is 19.1. The van der Waals surface area contributed by atoms with Crippen molar-refractivity contribution in [3.63, 3.8) is 0 Å². The van der Waals surface area contributed by atoms with E-state index in [4.69, 9.17) is 0 Å². The van der Waals surface area contributed by atoms with Gasteiger partial charge in [-0.05, 0) is 49.9 Å². The molecule has 0 spiro atoms. The van der Waals surface area contributed by atoms with Crippen molar-refractivity contribution in [2.45, 2.75) is 31.7 Å². The second kappa shape index (κ2) is 6.07. The fourth-order valence-electron chi connectivity index (χ4n) is 3.32. The molecule has 5 heteroatoms. The van der Waals surface area contributed by atoms with E-state index in [9.17, 15) is 13.6 Å². The monoisotopic (exact) mass is 316 g/mol. The van der Waals surface area contributed by atoms with Gasteiger partial charge in [0.2, 0.25) is 0 Å². The van der Waals surface area contributed by atoms with Crippen LogP contribution in [0.1, 0.15) is 35.7 Å². The van der Waals surface area contributed by atoms with E-state index in [-0.39, 0.29) is 22.7 Å². The number of aldehydes is 1. The first-order valence-corrected chi connectivity index (χ1v) is 7.65. The second-order valence-corrected chi connectivity index (χ2v) is 6.25. The summed E-state index contributed by atoms with van der Waals surface area (Å²) in [6.45, 7) is 2.78. The van der Waals surface area contributed by atoms with Crippen LogP contribution in [0.4, 0.5) is 14.6 Å². The first-order valence-electron chi connectivity index (χ1n) is 7.65. The number of hydrogen-bond acceptors (Lipinski definition) is 3. The number of anilines is 1. The lowest BCUT2D eigenvalue weighted by molar-refractivity contribution is 0.112. The van der Waals surface area contributed by atoms with Crippen molar-refractivity contribution in [1.29, 1.82) is 0 Å². The van der Waals surface area contributed by atoms with Crippen LogP contribution in [0.25, 0.3) is 0 Å². The Morgan fingerprint density at radius 1 is 1.30 bits per heavy atom. The Balaban J connectivity index is 1.89. The molecular weight excluding hydrogens is 298 g/mol. The standard InChI is InChI=1S/C18H18F2N2O/c1-18(10-13-3-5-15(19)6-4-13)7-2-8-22(18)17-16(20)9-14(12-23)11-21-17/h3-6,9,11-12H,2,7-8,10H2,1H3. The molecule has 1 saturated heterocycles. The largest absolute Gasteiger partial charge is 0.348 e. The van der Waals surface area contributed by atoms with Gasteiger partial charge in [-0.1, -0.05) is 12.1 Å². The van der Waals surface area contributed by atoms with Crippen molar-refractivity contribution < 1.29 is 13.6 Å². The number of halogens is 2. The van der Waals surface area contributed by atoms with Crippen molar-refractivity contribution in [3.05, 3.63) is 59.3 Å². The molecule has 1 aliphatic heterocycles. The number of benzene rings is 1. The number of carbonyl (C=O) groups excluding carboxylic acids is 1. The van der Waals surface area contributed by atoms with Gasteiger partial charge in [-0.2, -0.15) is 0 Å². The minimum Gasteiger partial charge on any atom is -0.348 e. The maximum absolute atomic E-state index is 14.3. The Morgan fingerprint density at radius 2 is 2.04 bits per heavy atom. The first-order chi connectivity index (χ1) is 11.0. The minimum absolute atomic E-state index is 0.227. The van der Waals surface area contributed by atoms with Gasteiger partial charge in [0.1, 0.15) is 5.82 Å². The lowest BCUT2D eigenvalue weighted by atomic mass is 9.90. The molecule has 1 aromatic carbocycles. The molecule has 1 unspecified atom stereocenters. The fourth-order valence-corrected chi connectivity index (χ4v) is 3.32. The van der Waals surface area contributed by atoms with Gasteiger partial charge >= 0.3 is 0 Å². The SMILES string of the molecule is CC1(Cc2ccc(F)cc2)CCCN1c1ncc(C=O)cc1F. The predicted molar refractivity (Wildman–Crippen MR) is 84.7 cm³/mol. The molecule has 1 atom stereocenters. The lowest BCUT2D eigenvalue weighted by Crippen LogP contribution is -2.44. The summed E-state index contributed by atoms with van der Waals surface area (Å²) in [5.41, 5.74) is 0.949. The van der Waals surface area contributed by atoms with Crippen molar-refractivity contribution in [3.8, 4) is 0 Å². The number of aromatic nitrogens is 1. The number of pyridine rings is 1. The lowest BCUT2D eigenvalue weighted by Gasteiger charge is -2.36. The molecule has 0 aliphatic carbocycles. The summed E-state index contributed by atoms with van der Waals surface area (Å²) in [6.07, 6.45) is 4.50. The summed E-state index contributed by atoms with van der Waals surface area (Å²) in [5, 5.41) is 0. The zero-order valence-corrected chi connectivity index (χ0v) is 12.9. The van der Waals surface area contributed by atoms with Crippen LogP contribution in [0, 0.1) is 11.6 Å². The summed E-state index contributed by atoms with van der Waals surface area (Å²) in [6, 6.07) is 7.62. The van der Waals surface area contributed by atoms with Crippen LogP contribution in [0.5, 0.6) is 0 Å². The Labute approximate surface area is 134 Å². The van der Waals surface area contributed by atoms with Crippen molar-refractivity contribution in [2.24, 2.45) is 0 Å². The van der Waals surface area contributed by atoms with Gasteiger partial charge in [-0.25, -0.2) is 13.8 Å². The topological polar surface area (TPSA) is 33.2 Å². The van der Waals surface area contributed by atoms with Gasteiger partial charge in [0.15, 0.2) is 17.9 Å². The molecule has 0 saturated carbocycles. The van der Waals surface area contributed by atoms with Crippen LogP contribution in [0.3, 0.4) is 0 Å². The van der Waals surface area contributed by atoms with Gasteiger partial charge in [-0.3, -0.25) is 4.79 Å². The van der Waals surface area contributed by atoms with E-state index >= 15 is 0 Å². The molecule has 0 N–H and O–H groups in total. The smallest absolute Gasteiger partial charge is 0.166 e. The van der Waals surface area contributed by atoms with Crippen molar-refractivity contribution in [2.75, 3.05) is 11.4 Å². The highest BCUT2D eigenvalue weighted by Gasteiger charge is 2.38. The van der Waals surface area contributed by atoms with E-state index in [1.807, 2.05) is 4.90 Å². The number of hydrogen-bond donors (Lipinski definition) is 0. The first kappa shape index (κ1) is 15.6. The van der Waals surface area contributed by atoms with Crippen molar-refractivity contribution >= 4 is 12.1 Å². The third kappa shape index (κ3) is 3.09. The molecule has 23 heavy (non-hydrogen) atoms. The zero-order chi connectivity index (χ0) is 16.4. The summed E-state index contributed by atoms with van der Waals surface area (Å²) in [5.74, 6) is -0.473. The molecule has 1 fully saturated rings. The van der Waals surface area contributed by atoms with Gasteiger partial charge in [0, 0.05) is 23.8 Å². The maximum atomic E-state index is 14.3. The van der Waals surface area contributed by atoms with Crippen LogP contribution in [0.15, 0.2) is 36.5 Å². The summed E-state index contributed by atoms with van der Waals surface area (Å²) >= 11 is 0. The third-order valence-electron chi connectivity index (χ3n) is 4.48. The summed E-state index contributed by atoms with van der Waals surface area (Å²) < 4.78 is 27.4. The molecule has 0 amide bonds. The molecule has 120 valence electrons. The molecule has 0 bridgehead atoms. The molecule has 1 aliphatic rings. The van der Waals surface area contributed by atoms with E-state index in [1.165, 1.54) is 24.4 Å². The molecule has 0 radical (unpaired) electrons. The molecule has 3 rings (SSSR count). The minimum atomic E-state index is -0.484. The fraction of sp³-hybridized carbons (Fsp3) is 0.333. The van der Waals surface area contributed by atoms with E-state index < -0.39 is 5.82 Å². The average Bonchev–Trinajstić information content (AvgIpc) is 2.91. The molecule has 3 nitrogen and oxygen atoms in total. The van der Waals surface area contributed by atoms with E-state index in [0.717, 1.165) is 18.4 Å². The Morgan fingerprint density at radius 3 is 2.70 bits per heavy atom. The molecule has 2 heterocycles. The molecule has 1 aromatic heterocycles. The van der Waals surface area contributed by atoms with Gasteiger partial charge in [0.05, 0.1) is 0 Å². The molecule has 2 aromatic rings. The van der Waals surface area contributed by atoms with E-state index in [1.54, 1.807) is 12.1 Å². The van der Waals surface area contributed by atoms with E-state index in [0.29, 0.717) is 19.3 Å². The second-order valence-electron chi connectivity index (χ2n) is 6.25. The predicted octanol–water partition coefficient (Wildman–Crippen LogP) is 3.77. The van der Waals surface area contributed by atoms with Crippen LogP contribution in [0.2, 0.25) is 0 Å². The Hall–Kier alpha value is -2.30. The van der Waals surface area contributed by atoms with Crippen LogP contribution in [-0.4, -0.2) is 23.4 Å². The summed E-state index contributed by atoms with van der Waals surface area (Å²) in [7, 11) is 0. The quantitative estimate of drug-likeness (QED) is 0.805. The van der Waals surface area contributed by atoms with Gasteiger partial charge in [0.25, 0.3) is 0 Å². The highest BCUT2D eigenvalue weighted by Crippen LogP contribution is 2.36.